The molecule has 19 heavy (non-hydrogen) atoms. The number of rotatable bonds is 4. The second kappa shape index (κ2) is 5.28. The molecule has 5 nitrogen and oxygen atoms in total. The Morgan fingerprint density at radius 2 is 2.11 bits per heavy atom. The van der Waals surface area contributed by atoms with Gasteiger partial charge in [0, 0.05) is 11.3 Å². The van der Waals surface area contributed by atoms with Crippen LogP contribution in [0.3, 0.4) is 0 Å². The number of nitrogen functional groups attached to an aromatic ring is 1. The first-order chi connectivity index (χ1) is 8.94. The van der Waals surface area contributed by atoms with E-state index in [4.69, 9.17) is 5.73 Å². The van der Waals surface area contributed by atoms with Crippen LogP contribution in [0.15, 0.2) is 22.7 Å². The van der Waals surface area contributed by atoms with E-state index in [1.165, 1.54) is 0 Å². The average Bonchev–Trinajstić information content (AvgIpc) is 2.80. The first-order valence-electron chi connectivity index (χ1n) is 6.25. The van der Waals surface area contributed by atoms with Crippen molar-refractivity contribution < 1.29 is 0 Å². The van der Waals surface area contributed by atoms with Crippen LogP contribution in [0.25, 0.3) is 11.4 Å². The lowest BCUT2D eigenvalue weighted by atomic mass is 9.90. The van der Waals surface area contributed by atoms with Crippen molar-refractivity contribution in [3.63, 3.8) is 0 Å². The van der Waals surface area contributed by atoms with Crippen molar-refractivity contribution in [3.8, 4) is 11.4 Å². The highest BCUT2D eigenvalue weighted by atomic mass is 79.9. The van der Waals surface area contributed by atoms with Gasteiger partial charge in [-0.3, -0.25) is 0 Å². The number of hydrogen-bond donors (Lipinski definition) is 1. The van der Waals surface area contributed by atoms with Crippen molar-refractivity contribution >= 4 is 21.6 Å². The standard InChI is InChI=1S/C13H18BrN5/c1-4-13(2,3)8-19-12(16-17-18-19)9-6-5-7-10(15)11(9)14/h5-7H,4,8,15H2,1-3H3. The maximum atomic E-state index is 5.91. The van der Waals surface area contributed by atoms with Gasteiger partial charge in [-0.15, -0.1) is 5.10 Å². The Morgan fingerprint density at radius 3 is 2.79 bits per heavy atom. The number of aromatic nitrogens is 4. The molecule has 0 unspecified atom stereocenters. The van der Waals surface area contributed by atoms with Crippen LogP contribution < -0.4 is 5.73 Å². The predicted octanol–water partition coefficient (Wildman–Crippen LogP) is 3.12. The molecule has 0 atom stereocenters. The summed E-state index contributed by atoms with van der Waals surface area (Å²) in [6.07, 6.45) is 1.06. The van der Waals surface area contributed by atoms with Crippen molar-refractivity contribution in [2.24, 2.45) is 5.41 Å². The quantitative estimate of drug-likeness (QED) is 0.877. The van der Waals surface area contributed by atoms with Crippen molar-refractivity contribution in [3.05, 3.63) is 22.7 Å². The van der Waals surface area contributed by atoms with E-state index in [2.05, 4.69) is 52.2 Å². The van der Waals surface area contributed by atoms with E-state index >= 15 is 0 Å². The summed E-state index contributed by atoms with van der Waals surface area (Å²) in [5, 5.41) is 12.0. The molecule has 0 saturated carbocycles. The molecule has 0 saturated heterocycles. The summed E-state index contributed by atoms with van der Waals surface area (Å²) in [5.74, 6) is 0.737. The monoisotopic (exact) mass is 323 g/mol. The fraction of sp³-hybridized carbons (Fsp3) is 0.462. The third-order valence-electron chi connectivity index (χ3n) is 3.34. The summed E-state index contributed by atoms with van der Waals surface area (Å²) in [4.78, 5) is 0. The van der Waals surface area contributed by atoms with Crippen molar-refractivity contribution in [2.75, 3.05) is 5.73 Å². The summed E-state index contributed by atoms with van der Waals surface area (Å²) in [6.45, 7) is 7.34. The molecule has 1 aromatic carbocycles. The second-order valence-corrected chi connectivity index (χ2v) is 6.18. The highest BCUT2D eigenvalue weighted by molar-refractivity contribution is 9.10. The first kappa shape index (κ1) is 14.0. The molecule has 2 N–H and O–H groups in total. The number of halogens is 1. The van der Waals surface area contributed by atoms with Crippen LogP contribution in [0.4, 0.5) is 5.69 Å². The molecule has 0 fully saturated rings. The van der Waals surface area contributed by atoms with Crippen molar-refractivity contribution in [2.45, 2.75) is 33.7 Å². The number of tetrazole rings is 1. The van der Waals surface area contributed by atoms with E-state index in [9.17, 15) is 0 Å². The fourth-order valence-electron chi connectivity index (χ4n) is 1.74. The summed E-state index contributed by atoms with van der Waals surface area (Å²) in [5.41, 5.74) is 7.65. The van der Waals surface area contributed by atoms with Gasteiger partial charge in [-0.25, -0.2) is 4.68 Å². The van der Waals surface area contributed by atoms with E-state index in [-0.39, 0.29) is 5.41 Å². The molecule has 2 aromatic rings. The normalized spacial score (nSPS) is 11.8. The van der Waals surface area contributed by atoms with E-state index < -0.39 is 0 Å². The molecule has 2 rings (SSSR count). The largest absolute Gasteiger partial charge is 0.398 e. The van der Waals surface area contributed by atoms with Crippen LogP contribution in [-0.4, -0.2) is 20.2 Å². The molecular weight excluding hydrogens is 306 g/mol. The second-order valence-electron chi connectivity index (χ2n) is 5.39. The highest BCUT2D eigenvalue weighted by Gasteiger charge is 2.21. The molecule has 0 amide bonds. The zero-order chi connectivity index (χ0) is 14.0. The molecule has 0 radical (unpaired) electrons. The molecule has 1 aromatic heterocycles. The van der Waals surface area contributed by atoms with E-state index in [0.29, 0.717) is 5.69 Å². The number of nitrogens with zero attached hydrogens (tertiary/aromatic N) is 4. The van der Waals surface area contributed by atoms with Crippen LogP contribution in [0, 0.1) is 5.41 Å². The third kappa shape index (κ3) is 2.94. The zero-order valence-corrected chi connectivity index (χ0v) is 13.0. The minimum atomic E-state index is 0.150. The Labute approximate surface area is 121 Å². The topological polar surface area (TPSA) is 69.6 Å². The maximum absolute atomic E-state index is 5.91. The Hall–Kier alpha value is -1.43. The van der Waals surface area contributed by atoms with Gasteiger partial charge < -0.3 is 5.73 Å². The predicted molar refractivity (Wildman–Crippen MR) is 79.4 cm³/mol. The van der Waals surface area contributed by atoms with Crippen LogP contribution in [-0.2, 0) is 6.54 Å². The smallest absolute Gasteiger partial charge is 0.183 e. The van der Waals surface area contributed by atoms with Crippen molar-refractivity contribution in [1.29, 1.82) is 0 Å². The Morgan fingerprint density at radius 1 is 1.37 bits per heavy atom. The summed E-state index contributed by atoms with van der Waals surface area (Å²) in [7, 11) is 0. The fourth-order valence-corrected chi connectivity index (χ4v) is 2.19. The van der Waals surface area contributed by atoms with Gasteiger partial charge >= 0.3 is 0 Å². The van der Waals surface area contributed by atoms with Gasteiger partial charge in [0.05, 0.1) is 11.0 Å². The van der Waals surface area contributed by atoms with Gasteiger partial charge in [-0.2, -0.15) is 0 Å². The van der Waals surface area contributed by atoms with Crippen LogP contribution >= 0.6 is 15.9 Å². The zero-order valence-electron chi connectivity index (χ0n) is 11.4. The molecule has 102 valence electrons. The molecule has 6 heteroatoms. The number of hydrogen-bond acceptors (Lipinski definition) is 4. The lowest BCUT2D eigenvalue weighted by molar-refractivity contribution is 0.279. The minimum Gasteiger partial charge on any atom is -0.398 e. The Balaban J connectivity index is 2.42. The van der Waals surface area contributed by atoms with Crippen molar-refractivity contribution in [1.82, 2.24) is 20.2 Å². The third-order valence-corrected chi connectivity index (χ3v) is 4.22. The van der Waals surface area contributed by atoms with Gasteiger partial charge in [-0.1, -0.05) is 26.8 Å². The number of nitrogens with two attached hydrogens (primary N) is 1. The van der Waals surface area contributed by atoms with E-state index in [1.807, 2.05) is 22.9 Å². The van der Waals surface area contributed by atoms with Crippen LogP contribution in [0.5, 0.6) is 0 Å². The van der Waals surface area contributed by atoms with Crippen LogP contribution in [0.2, 0.25) is 0 Å². The van der Waals surface area contributed by atoms with Gasteiger partial charge in [0.25, 0.3) is 0 Å². The summed E-state index contributed by atoms with van der Waals surface area (Å²) in [6, 6.07) is 5.71. The average molecular weight is 324 g/mol. The van der Waals surface area contributed by atoms with Gasteiger partial charge in [-0.05, 0) is 50.3 Å². The minimum absolute atomic E-state index is 0.150. The first-order valence-corrected chi connectivity index (χ1v) is 7.04. The highest BCUT2D eigenvalue weighted by Crippen LogP contribution is 2.32. The van der Waals surface area contributed by atoms with Gasteiger partial charge in [0.1, 0.15) is 0 Å². The molecule has 1 heterocycles. The number of benzene rings is 1. The molecule has 0 aliphatic rings. The lowest BCUT2D eigenvalue weighted by Gasteiger charge is -2.22. The lowest BCUT2D eigenvalue weighted by Crippen LogP contribution is -2.20. The van der Waals surface area contributed by atoms with Crippen LogP contribution in [0.1, 0.15) is 27.2 Å². The van der Waals surface area contributed by atoms with Gasteiger partial charge in [0.2, 0.25) is 0 Å². The number of anilines is 1. The summed E-state index contributed by atoms with van der Waals surface area (Å²) >= 11 is 3.50. The molecule has 0 bridgehead atoms. The summed E-state index contributed by atoms with van der Waals surface area (Å²) < 4.78 is 2.67. The maximum Gasteiger partial charge on any atom is 0.183 e. The van der Waals surface area contributed by atoms with E-state index in [1.54, 1.807) is 0 Å². The van der Waals surface area contributed by atoms with E-state index in [0.717, 1.165) is 28.8 Å². The Bertz CT molecular complexity index is 576. The molecule has 0 aliphatic heterocycles. The Kier molecular flexibility index (Phi) is 3.89. The molecule has 0 aliphatic carbocycles. The SMILES string of the molecule is CCC(C)(C)Cn1nnnc1-c1cccc(N)c1Br. The molecule has 0 spiro atoms. The van der Waals surface area contributed by atoms with Gasteiger partial charge in [0.15, 0.2) is 5.82 Å². The molecular formula is C13H18BrN5.